The number of aromatic nitrogens is 3. The van der Waals surface area contributed by atoms with Crippen molar-refractivity contribution in [3.8, 4) is 11.5 Å². The van der Waals surface area contributed by atoms with Crippen molar-refractivity contribution in [2.75, 3.05) is 49.3 Å². The average Bonchev–Trinajstić information content (AvgIpc) is 3.66. The van der Waals surface area contributed by atoms with Crippen LogP contribution < -0.4 is 29.7 Å². The van der Waals surface area contributed by atoms with E-state index in [9.17, 15) is 18.0 Å². The van der Waals surface area contributed by atoms with Crippen LogP contribution in [0.2, 0.25) is 0 Å². The second-order valence-electron chi connectivity index (χ2n) is 14.1. The standard InChI is InChI=1S/C37H53N9O6S/c1-10-12-21-51-28-14-16-29(17-15-28)52-25(4)36(48)38-23-24(3)34-42-35-32(33(37(6,7)8)43-46(35)44-34)41-30-18-13-27(22-31(30)40-26(5)47)45(11-2)20-19-39-53(9,49)50/h13-18,22,24-25,39H,10-12,19-21,23H2,1-9H3,(H,38,48)(H,40,47). The lowest BCUT2D eigenvalue weighted by Crippen LogP contribution is -2.38. The number of amides is 2. The average molecular weight is 752 g/mol. The molecule has 2 amide bonds. The molecule has 3 aromatic rings. The van der Waals surface area contributed by atoms with Crippen molar-refractivity contribution in [2.45, 2.75) is 80.3 Å². The largest absolute Gasteiger partial charge is 0.494 e. The molecule has 0 radical (unpaired) electrons. The highest BCUT2D eigenvalue weighted by Gasteiger charge is 2.35. The minimum absolute atomic E-state index is 0.231. The Morgan fingerprint density at radius 1 is 1.06 bits per heavy atom. The second-order valence-corrected chi connectivity index (χ2v) is 15.9. The number of aliphatic imine (C=N–C) groups is 1. The smallest absolute Gasteiger partial charge is 0.260 e. The molecule has 0 fully saturated rings. The number of fused-ring (bicyclic) bond motifs is 1. The minimum atomic E-state index is -3.33. The molecule has 4 rings (SSSR count). The van der Waals surface area contributed by atoms with Crippen LogP contribution in [0, 0.1) is 5.41 Å². The van der Waals surface area contributed by atoms with Crippen LogP contribution in [0.15, 0.2) is 52.6 Å². The quantitative estimate of drug-likeness (QED) is 0.153. The third kappa shape index (κ3) is 11.6. The van der Waals surface area contributed by atoms with Gasteiger partial charge in [-0.25, -0.2) is 23.1 Å². The normalized spacial score (nSPS) is 14.7. The van der Waals surface area contributed by atoms with Crippen molar-refractivity contribution in [3.05, 3.63) is 54.1 Å². The summed E-state index contributed by atoms with van der Waals surface area (Å²) in [5.74, 6) is 1.45. The first-order valence-electron chi connectivity index (χ1n) is 17.9. The molecular formula is C37H53N9O6S. The van der Waals surface area contributed by atoms with Gasteiger partial charge in [-0.1, -0.05) is 41.0 Å². The Hall–Kier alpha value is -4.83. The van der Waals surface area contributed by atoms with E-state index in [4.69, 9.17) is 24.6 Å². The number of likely N-dealkylation sites (N-methyl/N-ethyl adjacent to an activating group) is 1. The fourth-order valence-corrected chi connectivity index (χ4v) is 5.82. The number of benzene rings is 2. The van der Waals surface area contributed by atoms with Crippen LogP contribution in [0.1, 0.15) is 85.8 Å². The predicted octanol–water partition coefficient (Wildman–Crippen LogP) is 4.86. The number of carbonyl (C=O) groups is 2. The van der Waals surface area contributed by atoms with Crippen LogP contribution >= 0.6 is 0 Å². The number of unbranched alkanes of at least 4 members (excludes halogenated alkanes) is 1. The minimum Gasteiger partial charge on any atom is -0.494 e. The number of hydrogen-bond acceptors (Lipinski definition) is 11. The summed E-state index contributed by atoms with van der Waals surface area (Å²) in [5, 5.41) is 15.2. The molecule has 53 heavy (non-hydrogen) atoms. The van der Waals surface area contributed by atoms with Crippen molar-refractivity contribution in [1.29, 1.82) is 0 Å². The van der Waals surface area contributed by atoms with E-state index < -0.39 is 21.5 Å². The molecule has 1 aliphatic heterocycles. The van der Waals surface area contributed by atoms with Crippen LogP contribution in [-0.2, 0) is 19.6 Å². The Morgan fingerprint density at radius 2 is 1.75 bits per heavy atom. The Balaban J connectivity index is 1.51. The van der Waals surface area contributed by atoms with Crippen LogP contribution in [0.5, 0.6) is 11.5 Å². The van der Waals surface area contributed by atoms with Gasteiger partial charge in [-0.2, -0.15) is 5.10 Å². The SMILES string of the molecule is CCCCOc1ccc(OC(C)C(=O)NCC(C)c2nc3n(n2)N=C(C(C)(C)C)C3=Nc2ccc(N(CC)CCNS(C)(=O)=O)cc2NC(C)=O)cc1. The van der Waals surface area contributed by atoms with E-state index in [1.807, 2.05) is 63.8 Å². The zero-order valence-corrected chi connectivity index (χ0v) is 33.0. The summed E-state index contributed by atoms with van der Waals surface area (Å²) in [7, 11) is -3.33. The highest BCUT2D eigenvalue weighted by atomic mass is 32.2. The molecule has 0 spiro atoms. The first-order chi connectivity index (χ1) is 25.0. The van der Waals surface area contributed by atoms with Crippen molar-refractivity contribution >= 4 is 50.3 Å². The number of anilines is 2. The van der Waals surface area contributed by atoms with E-state index in [0.29, 0.717) is 59.9 Å². The summed E-state index contributed by atoms with van der Waals surface area (Å²) in [5.41, 5.74) is 2.53. The molecule has 2 unspecified atom stereocenters. The Labute approximate surface area is 312 Å². The van der Waals surface area contributed by atoms with Crippen molar-refractivity contribution in [1.82, 2.24) is 24.9 Å². The van der Waals surface area contributed by atoms with Gasteiger partial charge < -0.3 is 25.0 Å². The van der Waals surface area contributed by atoms with Gasteiger partial charge in [-0.15, -0.1) is 9.89 Å². The first-order valence-corrected chi connectivity index (χ1v) is 19.8. The fourth-order valence-electron chi connectivity index (χ4n) is 5.36. The van der Waals surface area contributed by atoms with Gasteiger partial charge in [0, 0.05) is 50.1 Å². The summed E-state index contributed by atoms with van der Waals surface area (Å²) in [4.78, 5) is 38.5. The van der Waals surface area contributed by atoms with Crippen LogP contribution in [0.25, 0.3) is 0 Å². The first kappa shape index (κ1) is 40.9. The number of sulfonamides is 1. The lowest BCUT2D eigenvalue weighted by Gasteiger charge is -2.24. The Morgan fingerprint density at radius 3 is 2.38 bits per heavy atom. The molecule has 2 aromatic carbocycles. The third-order valence-electron chi connectivity index (χ3n) is 8.26. The van der Waals surface area contributed by atoms with Crippen molar-refractivity contribution in [2.24, 2.45) is 15.5 Å². The molecule has 1 aliphatic rings. The lowest BCUT2D eigenvalue weighted by atomic mass is 9.87. The van der Waals surface area contributed by atoms with Crippen molar-refractivity contribution < 1.29 is 27.5 Å². The highest BCUT2D eigenvalue weighted by Crippen LogP contribution is 2.34. The summed E-state index contributed by atoms with van der Waals surface area (Å²) in [6, 6.07) is 12.7. The molecule has 1 aromatic heterocycles. The molecule has 3 N–H and O–H groups in total. The zero-order valence-electron chi connectivity index (χ0n) is 32.2. The van der Waals surface area contributed by atoms with Gasteiger partial charge in [0.15, 0.2) is 11.9 Å². The molecule has 2 heterocycles. The van der Waals surface area contributed by atoms with Gasteiger partial charge in [0.1, 0.15) is 17.2 Å². The van der Waals surface area contributed by atoms with Gasteiger partial charge in [-0.05, 0) is 62.7 Å². The van der Waals surface area contributed by atoms with Gasteiger partial charge >= 0.3 is 0 Å². The van der Waals surface area contributed by atoms with E-state index in [0.717, 1.165) is 30.5 Å². The number of hydrogen-bond donors (Lipinski definition) is 3. The van der Waals surface area contributed by atoms with Gasteiger partial charge in [-0.3, -0.25) is 9.59 Å². The highest BCUT2D eigenvalue weighted by molar-refractivity contribution is 7.88. The number of nitrogens with one attached hydrogen (secondary N) is 3. The molecule has 0 bridgehead atoms. The maximum Gasteiger partial charge on any atom is 0.260 e. The molecule has 0 saturated heterocycles. The molecule has 16 heteroatoms. The number of ether oxygens (including phenoxy) is 2. The van der Waals surface area contributed by atoms with Crippen molar-refractivity contribution in [3.63, 3.8) is 0 Å². The molecular weight excluding hydrogens is 699 g/mol. The number of rotatable bonds is 18. The predicted molar refractivity (Wildman–Crippen MR) is 208 cm³/mol. The van der Waals surface area contributed by atoms with Gasteiger partial charge in [0.25, 0.3) is 5.91 Å². The van der Waals surface area contributed by atoms with E-state index in [2.05, 4.69) is 27.4 Å². The Kier molecular flexibility index (Phi) is 13.7. The summed E-state index contributed by atoms with van der Waals surface area (Å²) < 4.78 is 37.2. The summed E-state index contributed by atoms with van der Waals surface area (Å²) >= 11 is 0. The second kappa shape index (κ2) is 17.8. The van der Waals surface area contributed by atoms with Crippen LogP contribution in [0.4, 0.5) is 17.1 Å². The molecule has 15 nitrogen and oxygen atoms in total. The van der Waals surface area contributed by atoms with E-state index in [1.54, 1.807) is 25.1 Å². The third-order valence-corrected chi connectivity index (χ3v) is 8.99. The molecule has 2 atom stereocenters. The molecule has 0 aliphatic carbocycles. The molecule has 0 saturated carbocycles. The van der Waals surface area contributed by atoms with Gasteiger partial charge in [0.2, 0.25) is 21.8 Å². The van der Waals surface area contributed by atoms with E-state index >= 15 is 0 Å². The number of nitrogens with zero attached hydrogens (tertiary/aromatic N) is 6. The van der Waals surface area contributed by atoms with E-state index in [1.165, 1.54) is 11.7 Å². The number of carbonyl (C=O) groups excluding carboxylic acids is 2. The monoisotopic (exact) mass is 751 g/mol. The topological polar surface area (TPSA) is 181 Å². The maximum absolute atomic E-state index is 12.9. The summed E-state index contributed by atoms with van der Waals surface area (Å²) in [6.45, 7) is 17.4. The Bertz CT molecular complexity index is 1920. The fraction of sp³-hybridized carbons (Fsp3) is 0.514. The van der Waals surface area contributed by atoms with Crippen LogP contribution in [0.3, 0.4) is 0 Å². The lowest BCUT2D eigenvalue weighted by molar-refractivity contribution is -0.127. The summed E-state index contributed by atoms with van der Waals surface area (Å²) in [6.07, 6.45) is 2.43. The zero-order chi connectivity index (χ0) is 38.9. The van der Waals surface area contributed by atoms with Gasteiger partial charge in [0.05, 0.1) is 29.9 Å². The maximum atomic E-state index is 12.9. The van der Waals surface area contributed by atoms with Crippen LogP contribution in [-0.4, -0.2) is 91.7 Å². The van der Waals surface area contributed by atoms with E-state index in [-0.39, 0.29) is 30.8 Å². The molecule has 288 valence electrons.